The molecule has 0 spiro atoms. The zero-order chi connectivity index (χ0) is 14.8. The number of hydrogen-bond acceptors (Lipinski definition) is 2. The van der Waals surface area contributed by atoms with Crippen molar-refractivity contribution in [2.75, 3.05) is 0 Å². The Labute approximate surface area is 131 Å². The molecular formula is C17H13BrN2O. The summed E-state index contributed by atoms with van der Waals surface area (Å²) in [5.41, 5.74) is 6.18. The van der Waals surface area contributed by atoms with Gasteiger partial charge >= 0.3 is 0 Å². The fourth-order valence-corrected chi connectivity index (χ4v) is 2.52. The lowest BCUT2D eigenvalue weighted by Gasteiger charge is -2.11. The molecule has 0 unspecified atom stereocenters. The van der Waals surface area contributed by atoms with Gasteiger partial charge in [0.2, 0.25) is 0 Å². The SMILES string of the molecule is N=C(N)c1cc(Br)ccc1Oc1ccc2ccccc2c1. The Balaban J connectivity index is 2.00. The lowest BCUT2D eigenvalue weighted by atomic mass is 10.1. The lowest BCUT2D eigenvalue weighted by molar-refractivity contribution is 0.482. The molecule has 104 valence electrons. The zero-order valence-electron chi connectivity index (χ0n) is 11.1. The quantitative estimate of drug-likeness (QED) is 0.537. The van der Waals surface area contributed by atoms with Crippen molar-refractivity contribution in [2.45, 2.75) is 0 Å². The second-order valence-electron chi connectivity index (χ2n) is 4.67. The molecule has 3 rings (SSSR count). The topological polar surface area (TPSA) is 59.1 Å². The van der Waals surface area contributed by atoms with Gasteiger partial charge in [-0.3, -0.25) is 5.41 Å². The van der Waals surface area contributed by atoms with Gasteiger partial charge in [-0.15, -0.1) is 0 Å². The third-order valence-electron chi connectivity index (χ3n) is 3.18. The van der Waals surface area contributed by atoms with Crippen LogP contribution in [0.2, 0.25) is 0 Å². The number of nitrogens with two attached hydrogens (primary N) is 1. The minimum Gasteiger partial charge on any atom is -0.457 e. The second-order valence-corrected chi connectivity index (χ2v) is 5.58. The molecule has 3 aromatic carbocycles. The van der Waals surface area contributed by atoms with Crippen LogP contribution in [0.5, 0.6) is 11.5 Å². The smallest absolute Gasteiger partial charge is 0.138 e. The summed E-state index contributed by atoms with van der Waals surface area (Å²) in [6.45, 7) is 0. The van der Waals surface area contributed by atoms with Crippen LogP contribution in [-0.4, -0.2) is 5.84 Å². The average Bonchev–Trinajstić information content (AvgIpc) is 2.49. The van der Waals surface area contributed by atoms with Crippen molar-refractivity contribution < 1.29 is 4.74 Å². The van der Waals surface area contributed by atoms with E-state index in [9.17, 15) is 0 Å². The molecule has 3 N–H and O–H groups in total. The summed E-state index contributed by atoms with van der Waals surface area (Å²) in [6, 6.07) is 19.4. The largest absolute Gasteiger partial charge is 0.457 e. The van der Waals surface area contributed by atoms with Crippen LogP contribution < -0.4 is 10.5 Å². The van der Waals surface area contributed by atoms with Crippen LogP contribution in [0.4, 0.5) is 0 Å². The Morgan fingerprint density at radius 1 is 0.952 bits per heavy atom. The first-order chi connectivity index (χ1) is 10.1. The van der Waals surface area contributed by atoms with Crippen LogP contribution in [0.1, 0.15) is 5.56 Å². The van der Waals surface area contributed by atoms with E-state index in [4.69, 9.17) is 15.9 Å². The van der Waals surface area contributed by atoms with Gasteiger partial charge in [-0.1, -0.05) is 46.3 Å². The van der Waals surface area contributed by atoms with Crippen LogP contribution in [-0.2, 0) is 0 Å². The van der Waals surface area contributed by atoms with Gasteiger partial charge in [-0.2, -0.15) is 0 Å². The number of rotatable bonds is 3. The number of nitrogen functional groups attached to an aromatic ring is 1. The molecule has 0 aliphatic carbocycles. The van der Waals surface area contributed by atoms with Crippen molar-refractivity contribution in [3.63, 3.8) is 0 Å². The highest BCUT2D eigenvalue weighted by molar-refractivity contribution is 9.10. The summed E-state index contributed by atoms with van der Waals surface area (Å²) in [5, 5.41) is 9.91. The molecule has 21 heavy (non-hydrogen) atoms. The second kappa shape index (κ2) is 5.58. The van der Waals surface area contributed by atoms with Crippen LogP contribution in [0.15, 0.2) is 65.1 Å². The monoisotopic (exact) mass is 340 g/mol. The molecule has 0 radical (unpaired) electrons. The van der Waals surface area contributed by atoms with E-state index in [0.29, 0.717) is 11.3 Å². The first kappa shape index (κ1) is 13.6. The lowest BCUT2D eigenvalue weighted by Crippen LogP contribution is -2.12. The molecule has 0 saturated heterocycles. The number of nitrogens with one attached hydrogen (secondary N) is 1. The Hall–Kier alpha value is -2.33. The van der Waals surface area contributed by atoms with Crippen molar-refractivity contribution >= 4 is 32.5 Å². The summed E-state index contributed by atoms with van der Waals surface area (Å²) >= 11 is 3.37. The van der Waals surface area contributed by atoms with Gasteiger partial charge in [-0.05, 0) is 41.1 Å². The van der Waals surface area contributed by atoms with Gasteiger partial charge in [0, 0.05) is 4.47 Å². The minimum absolute atomic E-state index is 0.0212. The molecule has 3 nitrogen and oxygen atoms in total. The third-order valence-corrected chi connectivity index (χ3v) is 3.67. The van der Waals surface area contributed by atoms with Crippen molar-refractivity contribution in [1.29, 1.82) is 5.41 Å². The number of halogens is 1. The Kier molecular flexibility index (Phi) is 3.62. The van der Waals surface area contributed by atoms with Crippen molar-refractivity contribution in [3.05, 3.63) is 70.7 Å². The van der Waals surface area contributed by atoms with E-state index in [0.717, 1.165) is 21.0 Å². The maximum Gasteiger partial charge on any atom is 0.138 e. The van der Waals surface area contributed by atoms with E-state index in [-0.39, 0.29) is 5.84 Å². The standard InChI is InChI=1S/C17H13BrN2O/c18-13-6-8-16(15(10-13)17(19)20)21-14-7-5-11-3-1-2-4-12(11)9-14/h1-10H,(H3,19,20). The Morgan fingerprint density at radius 2 is 1.71 bits per heavy atom. The Morgan fingerprint density at radius 3 is 2.48 bits per heavy atom. The van der Waals surface area contributed by atoms with E-state index in [1.807, 2.05) is 42.5 Å². The minimum atomic E-state index is -0.0212. The first-order valence-electron chi connectivity index (χ1n) is 6.44. The van der Waals surface area contributed by atoms with E-state index in [1.165, 1.54) is 0 Å². The molecule has 3 aromatic rings. The molecule has 0 amide bonds. The average molecular weight is 341 g/mol. The number of hydrogen-bond donors (Lipinski definition) is 2. The molecule has 0 aliphatic rings. The number of ether oxygens (including phenoxy) is 1. The summed E-state index contributed by atoms with van der Waals surface area (Å²) in [6.07, 6.45) is 0. The van der Waals surface area contributed by atoms with Gasteiger partial charge in [0.15, 0.2) is 0 Å². The molecular weight excluding hydrogens is 328 g/mol. The normalized spacial score (nSPS) is 10.5. The maximum absolute atomic E-state index is 7.65. The highest BCUT2D eigenvalue weighted by atomic mass is 79.9. The molecule has 0 bridgehead atoms. The molecule has 0 saturated carbocycles. The van der Waals surface area contributed by atoms with Crippen LogP contribution in [0, 0.1) is 5.41 Å². The predicted octanol–water partition coefficient (Wildman–Crippen LogP) is 4.68. The van der Waals surface area contributed by atoms with Crippen LogP contribution >= 0.6 is 15.9 Å². The summed E-state index contributed by atoms with van der Waals surface area (Å²) < 4.78 is 6.75. The van der Waals surface area contributed by atoms with E-state index in [1.54, 1.807) is 12.1 Å². The number of benzene rings is 3. The van der Waals surface area contributed by atoms with Gasteiger partial charge < -0.3 is 10.5 Å². The van der Waals surface area contributed by atoms with Gasteiger partial charge in [0.25, 0.3) is 0 Å². The summed E-state index contributed by atoms with van der Waals surface area (Å²) in [7, 11) is 0. The van der Waals surface area contributed by atoms with Crippen LogP contribution in [0.3, 0.4) is 0 Å². The molecule has 4 heteroatoms. The maximum atomic E-state index is 7.65. The molecule has 0 heterocycles. The molecule has 0 aromatic heterocycles. The highest BCUT2D eigenvalue weighted by Gasteiger charge is 2.09. The highest BCUT2D eigenvalue weighted by Crippen LogP contribution is 2.29. The van der Waals surface area contributed by atoms with Gasteiger partial charge in [0.1, 0.15) is 17.3 Å². The van der Waals surface area contributed by atoms with E-state index >= 15 is 0 Å². The van der Waals surface area contributed by atoms with E-state index in [2.05, 4.69) is 22.0 Å². The van der Waals surface area contributed by atoms with Crippen molar-refractivity contribution in [1.82, 2.24) is 0 Å². The summed E-state index contributed by atoms with van der Waals surface area (Å²) in [4.78, 5) is 0. The molecule has 0 fully saturated rings. The third kappa shape index (κ3) is 2.90. The molecule has 0 aliphatic heterocycles. The van der Waals surface area contributed by atoms with Crippen molar-refractivity contribution in [2.24, 2.45) is 5.73 Å². The van der Waals surface area contributed by atoms with Gasteiger partial charge in [-0.25, -0.2) is 0 Å². The number of fused-ring (bicyclic) bond motifs is 1. The van der Waals surface area contributed by atoms with Crippen LogP contribution in [0.25, 0.3) is 10.8 Å². The number of amidine groups is 1. The van der Waals surface area contributed by atoms with E-state index < -0.39 is 0 Å². The fourth-order valence-electron chi connectivity index (χ4n) is 2.16. The molecule has 0 atom stereocenters. The van der Waals surface area contributed by atoms with Gasteiger partial charge in [0.05, 0.1) is 5.56 Å². The predicted molar refractivity (Wildman–Crippen MR) is 89.2 cm³/mol. The summed E-state index contributed by atoms with van der Waals surface area (Å²) in [5.74, 6) is 1.27. The Bertz CT molecular complexity index is 830. The first-order valence-corrected chi connectivity index (χ1v) is 7.23. The fraction of sp³-hybridized carbons (Fsp3) is 0. The zero-order valence-corrected chi connectivity index (χ0v) is 12.7. The van der Waals surface area contributed by atoms with Crippen molar-refractivity contribution in [3.8, 4) is 11.5 Å².